The minimum atomic E-state index is -0.566. The quantitative estimate of drug-likeness (QED) is 0.0983. The topological polar surface area (TPSA) is 106 Å². The van der Waals surface area contributed by atoms with Crippen molar-refractivity contribution < 1.29 is 23.9 Å². The highest BCUT2D eigenvalue weighted by Crippen LogP contribution is 2.38. The summed E-state index contributed by atoms with van der Waals surface area (Å²) >= 11 is 1.39. The number of thioether (sulfide) groups is 1. The molecule has 252 valence electrons. The molecule has 0 spiro atoms. The normalized spacial score (nSPS) is 12.8. The fourth-order valence-electron chi connectivity index (χ4n) is 5.66. The van der Waals surface area contributed by atoms with Crippen molar-refractivity contribution in [3.63, 3.8) is 0 Å². The van der Waals surface area contributed by atoms with E-state index in [0.29, 0.717) is 41.7 Å². The lowest BCUT2D eigenvalue weighted by atomic mass is 10.0. The van der Waals surface area contributed by atoms with Crippen LogP contribution in [0.3, 0.4) is 0 Å². The smallest absolute Gasteiger partial charge is 0.272 e. The highest BCUT2D eigenvalue weighted by Gasteiger charge is 2.23. The van der Waals surface area contributed by atoms with Gasteiger partial charge in [0.1, 0.15) is 24.2 Å². The van der Waals surface area contributed by atoms with Gasteiger partial charge in [0.05, 0.1) is 0 Å². The van der Waals surface area contributed by atoms with Gasteiger partial charge in [-0.3, -0.25) is 14.4 Å². The summed E-state index contributed by atoms with van der Waals surface area (Å²) in [5.74, 6) is 0.169. The fraction of sp³-hybridized carbons (Fsp3) is 0.0714. The number of ether oxygens (including phenoxy) is 2. The first-order valence-electron chi connectivity index (χ1n) is 16.4. The van der Waals surface area contributed by atoms with Crippen LogP contribution in [-0.2, 0) is 9.59 Å². The van der Waals surface area contributed by atoms with Crippen molar-refractivity contribution in [3.8, 4) is 11.5 Å². The molecule has 0 radical (unpaired) electrons. The maximum absolute atomic E-state index is 13.8. The minimum absolute atomic E-state index is 0.0959. The van der Waals surface area contributed by atoms with Crippen molar-refractivity contribution in [3.05, 3.63) is 168 Å². The van der Waals surface area contributed by atoms with Crippen LogP contribution in [0.1, 0.15) is 26.7 Å². The molecule has 0 fully saturated rings. The Bertz CT molecular complexity index is 2220. The third-order valence-corrected chi connectivity index (χ3v) is 9.43. The van der Waals surface area contributed by atoms with E-state index in [4.69, 9.17) is 9.47 Å². The van der Waals surface area contributed by atoms with Gasteiger partial charge in [-0.05, 0) is 76.5 Å². The van der Waals surface area contributed by atoms with Crippen molar-refractivity contribution in [1.29, 1.82) is 0 Å². The Morgan fingerprint density at radius 3 is 2.10 bits per heavy atom. The first-order chi connectivity index (χ1) is 25.0. The zero-order valence-electron chi connectivity index (χ0n) is 27.4. The molecular formula is C42H33N3O5S. The summed E-state index contributed by atoms with van der Waals surface area (Å²) in [6, 6.07) is 44.6. The minimum Gasteiger partial charge on any atom is -0.486 e. The average molecular weight is 692 g/mol. The summed E-state index contributed by atoms with van der Waals surface area (Å²) in [6.07, 6.45) is 1.69. The molecule has 6 aromatic carbocycles. The van der Waals surface area contributed by atoms with Crippen molar-refractivity contribution in [2.75, 3.05) is 23.8 Å². The van der Waals surface area contributed by atoms with E-state index in [-0.39, 0.29) is 11.6 Å². The second kappa shape index (κ2) is 15.5. The Labute approximate surface area is 299 Å². The van der Waals surface area contributed by atoms with E-state index in [9.17, 15) is 14.4 Å². The third kappa shape index (κ3) is 8.12. The van der Waals surface area contributed by atoms with Gasteiger partial charge in [-0.1, -0.05) is 91.0 Å². The van der Waals surface area contributed by atoms with Gasteiger partial charge in [0.2, 0.25) is 5.91 Å². The predicted molar refractivity (Wildman–Crippen MR) is 202 cm³/mol. The van der Waals surface area contributed by atoms with E-state index in [0.717, 1.165) is 26.8 Å². The second-order valence-corrected chi connectivity index (χ2v) is 12.9. The number of benzene rings is 6. The van der Waals surface area contributed by atoms with Crippen LogP contribution in [0.5, 0.6) is 11.5 Å². The highest BCUT2D eigenvalue weighted by atomic mass is 32.2. The summed E-state index contributed by atoms with van der Waals surface area (Å²) in [7, 11) is 0. The number of carbonyl (C=O) groups is 3. The Morgan fingerprint density at radius 2 is 1.31 bits per heavy atom. The molecule has 9 heteroatoms. The summed E-state index contributed by atoms with van der Waals surface area (Å²) in [5, 5.41) is 10.2. The van der Waals surface area contributed by atoms with Crippen LogP contribution in [0, 0.1) is 0 Å². The van der Waals surface area contributed by atoms with E-state index in [1.165, 1.54) is 11.8 Å². The average Bonchev–Trinajstić information content (AvgIpc) is 3.18. The zero-order chi connectivity index (χ0) is 35.0. The molecule has 1 atom stereocenters. The number of hydrogen-bond acceptors (Lipinski definition) is 6. The van der Waals surface area contributed by atoms with Gasteiger partial charge in [0.15, 0.2) is 11.5 Å². The number of carbonyl (C=O) groups excluding carboxylic acids is 3. The van der Waals surface area contributed by atoms with Gasteiger partial charge < -0.3 is 25.4 Å². The molecule has 6 aromatic rings. The maximum Gasteiger partial charge on any atom is 0.272 e. The lowest BCUT2D eigenvalue weighted by Crippen LogP contribution is -2.30. The van der Waals surface area contributed by atoms with Crippen molar-refractivity contribution in [1.82, 2.24) is 5.32 Å². The molecule has 3 amide bonds. The molecule has 7 rings (SSSR count). The van der Waals surface area contributed by atoms with Crippen LogP contribution in [0.2, 0.25) is 0 Å². The molecule has 3 N–H and O–H groups in total. The summed E-state index contributed by atoms with van der Waals surface area (Å²) < 4.78 is 11.3. The molecule has 1 heterocycles. The Morgan fingerprint density at radius 1 is 0.647 bits per heavy atom. The van der Waals surface area contributed by atoms with E-state index in [1.807, 2.05) is 91.0 Å². The van der Waals surface area contributed by atoms with Crippen LogP contribution in [-0.4, -0.2) is 30.9 Å². The zero-order valence-corrected chi connectivity index (χ0v) is 28.2. The molecule has 0 saturated heterocycles. The molecule has 1 aliphatic rings. The first-order valence-corrected chi connectivity index (χ1v) is 17.3. The monoisotopic (exact) mass is 691 g/mol. The predicted octanol–water partition coefficient (Wildman–Crippen LogP) is 8.49. The number of nitrogens with one attached hydrogen (secondary N) is 3. The second-order valence-electron chi connectivity index (χ2n) is 11.7. The molecule has 0 bridgehead atoms. The van der Waals surface area contributed by atoms with E-state index in [2.05, 4.69) is 16.0 Å². The van der Waals surface area contributed by atoms with Crippen LogP contribution in [0.25, 0.3) is 16.8 Å². The molecule has 0 saturated carbocycles. The Balaban J connectivity index is 1.10. The fourth-order valence-corrected chi connectivity index (χ4v) is 6.68. The summed E-state index contributed by atoms with van der Waals surface area (Å²) in [5.41, 5.74) is 3.29. The summed E-state index contributed by atoms with van der Waals surface area (Å²) in [4.78, 5) is 41.5. The van der Waals surface area contributed by atoms with Crippen molar-refractivity contribution in [2.24, 2.45) is 0 Å². The van der Waals surface area contributed by atoms with Gasteiger partial charge in [0, 0.05) is 27.9 Å². The van der Waals surface area contributed by atoms with Crippen LogP contribution in [0.15, 0.2) is 156 Å². The molecule has 0 aliphatic carbocycles. The van der Waals surface area contributed by atoms with Crippen LogP contribution >= 0.6 is 11.8 Å². The van der Waals surface area contributed by atoms with Gasteiger partial charge >= 0.3 is 0 Å². The van der Waals surface area contributed by atoms with Gasteiger partial charge in [-0.2, -0.15) is 0 Å². The Hall–Kier alpha value is -6.32. The molecule has 1 unspecified atom stereocenters. The van der Waals surface area contributed by atoms with Gasteiger partial charge in [0.25, 0.3) is 11.8 Å². The molecular weight excluding hydrogens is 659 g/mol. The third-order valence-electron chi connectivity index (χ3n) is 8.17. The summed E-state index contributed by atoms with van der Waals surface area (Å²) in [6.45, 7) is 0.940. The van der Waals surface area contributed by atoms with Crippen LogP contribution < -0.4 is 25.4 Å². The highest BCUT2D eigenvalue weighted by molar-refractivity contribution is 8.00. The molecule has 1 aliphatic heterocycles. The lowest BCUT2D eigenvalue weighted by Gasteiger charge is -2.20. The van der Waals surface area contributed by atoms with E-state index < -0.39 is 17.1 Å². The first kappa shape index (κ1) is 33.2. The number of anilines is 2. The number of amides is 3. The van der Waals surface area contributed by atoms with Gasteiger partial charge in [-0.15, -0.1) is 11.8 Å². The number of hydrogen-bond donors (Lipinski definition) is 3. The lowest BCUT2D eigenvalue weighted by molar-refractivity contribution is -0.116. The number of rotatable bonds is 10. The standard InChI is InChI=1S/C42H33N3O5S/c46-40(30-13-5-2-6-14-30)45-36(26-31-16-9-15-28-10-7-8-17-35(28)31)41(47)43-32-18-21-34(22-19-32)51-39(29-11-3-1-4-12-29)42(48)44-33-20-23-37-38(27-33)50-25-24-49-37/h1-23,26-27,39H,24-25H2,(H,43,47)(H,44,48)(H,45,46)/b36-26-. The van der Waals surface area contributed by atoms with Crippen molar-refractivity contribution >= 4 is 57.7 Å². The maximum atomic E-state index is 13.8. The van der Waals surface area contributed by atoms with E-state index >= 15 is 0 Å². The van der Waals surface area contributed by atoms with Crippen molar-refractivity contribution in [2.45, 2.75) is 10.1 Å². The largest absolute Gasteiger partial charge is 0.486 e. The SMILES string of the molecule is O=C(Nc1ccc(SC(C(=O)Nc2ccc3c(c2)OCCO3)c2ccccc2)cc1)/C(=C/c1cccc2ccccc12)NC(=O)c1ccccc1. The molecule has 8 nitrogen and oxygen atoms in total. The van der Waals surface area contributed by atoms with E-state index in [1.54, 1.807) is 60.7 Å². The molecule has 0 aromatic heterocycles. The van der Waals surface area contributed by atoms with Gasteiger partial charge in [-0.25, -0.2) is 0 Å². The Kier molecular flexibility index (Phi) is 10.1. The molecule has 51 heavy (non-hydrogen) atoms. The van der Waals surface area contributed by atoms with Crippen LogP contribution in [0.4, 0.5) is 11.4 Å². The number of fused-ring (bicyclic) bond motifs is 2.